The number of aromatic hydroxyl groups is 1. The fourth-order valence-electron chi connectivity index (χ4n) is 1.96. The summed E-state index contributed by atoms with van der Waals surface area (Å²) < 4.78 is 0. The molecular formula is C16H15N3O3S. The summed E-state index contributed by atoms with van der Waals surface area (Å²) in [6, 6.07) is 10.8. The number of carbonyl (C=O) groups is 2. The van der Waals surface area contributed by atoms with E-state index in [2.05, 4.69) is 10.6 Å². The molecule has 0 saturated carbocycles. The summed E-state index contributed by atoms with van der Waals surface area (Å²) in [5.74, 6) is -0.637. The van der Waals surface area contributed by atoms with E-state index in [0.29, 0.717) is 4.88 Å². The number of phenols is 1. The number of phenolic OH excluding ortho intramolecular Hbond substituents is 1. The van der Waals surface area contributed by atoms with Crippen molar-refractivity contribution in [3.05, 3.63) is 52.2 Å². The van der Waals surface area contributed by atoms with Crippen molar-refractivity contribution in [3.8, 4) is 11.8 Å². The van der Waals surface area contributed by atoms with E-state index in [0.717, 1.165) is 5.56 Å². The summed E-state index contributed by atoms with van der Waals surface area (Å²) in [5.41, 5.74) is 0.784. The minimum absolute atomic E-state index is 0.125. The number of hydrogen-bond donors (Lipinski definition) is 3. The molecule has 118 valence electrons. The van der Waals surface area contributed by atoms with Crippen LogP contribution < -0.4 is 10.6 Å². The number of nitrogens with zero attached hydrogens (tertiary/aromatic N) is 1. The summed E-state index contributed by atoms with van der Waals surface area (Å²) >= 11 is 1.28. The summed E-state index contributed by atoms with van der Waals surface area (Å²) in [6.45, 7) is -0.125. The SMILES string of the molecule is N#CCNC(=O)C(Cc1ccc(O)cc1)NC(=O)c1cccs1. The Balaban J connectivity index is 2.10. The zero-order valence-electron chi connectivity index (χ0n) is 12.2. The lowest BCUT2D eigenvalue weighted by Gasteiger charge is -2.17. The first kappa shape index (κ1) is 16.5. The second-order valence-electron chi connectivity index (χ2n) is 4.75. The van der Waals surface area contributed by atoms with Crippen molar-refractivity contribution < 1.29 is 14.7 Å². The van der Waals surface area contributed by atoms with Crippen LogP contribution in [-0.4, -0.2) is 29.5 Å². The van der Waals surface area contributed by atoms with Crippen LogP contribution in [0.3, 0.4) is 0 Å². The van der Waals surface area contributed by atoms with Gasteiger partial charge in [0.25, 0.3) is 5.91 Å². The van der Waals surface area contributed by atoms with Crippen LogP contribution in [0.5, 0.6) is 5.75 Å². The van der Waals surface area contributed by atoms with Crippen LogP contribution in [0.2, 0.25) is 0 Å². The van der Waals surface area contributed by atoms with E-state index >= 15 is 0 Å². The van der Waals surface area contributed by atoms with E-state index in [4.69, 9.17) is 5.26 Å². The standard InChI is InChI=1S/C16H15N3O3S/c17-7-8-18-15(21)13(10-11-3-5-12(20)6-4-11)19-16(22)14-2-1-9-23-14/h1-6,9,13,20H,8,10H2,(H,18,21)(H,19,22). The monoisotopic (exact) mass is 329 g/mol. The predicted molar refractivity (Wildman–Crippen MR) is 86.0 cm³/mol. The molecule has 0 aliphatic heterocycles. The van der Waals surface area contributed by atoms with Crippen molar-refractivity contribution >= 4 is 23.2 Å². The Morgan fingerprint density at radius 3 is 2.61 bits per heavy atom. The van der Waals surface area contributed by atoms with E-state index in [-0.39, 0.29) is 24.6 Å². The molecule has 2 rings (SSSR count). The molecule has 6 nitrogen and oxygen atoms in total. The van der Waals surface area contributed by atoms with Gasteiger partial charge in [0, 0.05) is 6.42 Å². The molecule has 0 radical (unpaired) electrons. The molecule has 2 amide bonds. The van der Waals surface area contributed by atoms with Crippen molar-refractivity contribution in [2.75, 3.05) is 6.54 Å². The minimum atomic E-state index is -0.803. The zero-order valence-corrected chi connectivity index (χ0v) is 13.0. The maximum Gasteiger partial charge on any atom is 0.262 e. The third-order valence-electron chi connectivity index (χ3n) is 3.08. The molecule has 0 spiro atoms. The fraction of sp³-hybridized carbons (Fsp3) is 0.188. The predicted octanol–water partition coefficient (Wildman–Crippen LogP) is 1.43. The molecule has 1 aromatic heterocycles. The molecule has 0 bridgehead atoms. The number of carbonyl (C=O) groups excluding carboxylic acids is 2. The van der Waals surface area contributed by atoms with Crippen molar-refractivity contribution in [1.82, 2.24) is 10.6 Å². The van der Waals surface area contributed by atoms with Gasteiger partial charge in [-0.25, -0.2) is 0 Å². The van der Waals surface area contributed by atoms with Gasteiger partial charge in [-0.15, -0.1) is 11.3 Å². The molecule has 23 heavy (non-hydrogen) atoms. The number of thiophene rings is 1. The number of amides is 2. The van der Waals surface area contributed by atoms with Gasteiger partial charge in [0.2, 0.25) is 5.91 Å². The highest BCUT2D eigenvalue weighted by molar-refractivity contribution is 7.12. The van der Waals surface area contributed by atoms with Gasteiger partial charge >= 0.3 is 0 Å². The van der Waals surface area contributed by atoms with Gasteiger partial charge in [0.05, 0.1) is 10.9 Å². The first-order valence-corrected chi connectivity index (χ1v) is 7.75. The molecule has 0 aliphatic carbocycles. The number of nitrogens with one attached hydrogen (secondary N) is 2. The lowest BCUT2D eigenvalue weighted by molar-refractivity contribution is -0.122. The molecular weight excluding hydrogens is 314 g/mol. The highest BCUT2D eigenvalue weighted by Gasteiger charge is 2.22. The average Bonchev–Trinajstić information content (AvgIpc) is 3.08. The number of nitriles is 1. The highest BCUT2D eigenvalue weighted by Crippen LogP contribution is 2.13. The molecule has 0 aliphatic rings. The summed E-state index contributed by atoms with van der Waals surface area (Å²) in [5, 5.41) is 24.8. The molecule has 0 saturated heterocycles. The van der Waals surface area contributed by atoms with Crippen LogP contribution in [0.1, 0.15) is 15.2 Å². The topological polar surface area (TPSA) is 102 Å². The normalized spacial score (nSPS) is 11.3. The molecule has 1 unspecified atom stereocenters. The van der Waals surface area contributed by atoms with Gasteiger partial charge in [0.15, 0.2) is 0 Å². The first-order valence-electron chi connectivity index (χ1n) is 6.87. The van der Waals surface area contributed by atoms with Crippen molar-refractivity contribution in [3.63, 3.8) is 0 Å². The van der Waals surface area contributed by atoms with Gasteiger partial charge in [-0.2, -0.15) is 5.26 Å². The van der Waals surface area contributed by atoms with Crippen LogP contribution >= 0.6 is 11.3 Å². The Hall–Kier alpha value is -2.85. The van der Waals surface area contributed by atoms with Gasteiger partial charge in [-0.1, -0.05) is 18.2 Å². The van der Waals surface area contributed by atoms with Crippen molar-refractivity contribution in [1.29, 1.82) is 5.26 Å². The van der Waals surface area contributed by atoms with Gasteiger partial charge in [0.1, 0.15) is 18.3 Å². The Morgan fingerprint density at radius 2 is 2.00 bits per heavy atom. The molecule has 7 heteroatoms. The first-order chi connectivity index (χ1) is 11.1. The summed E-state index contributed by atoms with van der Waals surface area (Å²) in [6.07, 6.45) is 0.259. The average molecular weight is 329 g/mol. The van der Waals surface area contributed by atoms with Gasteiger partial charge < -0.3 is 15.7 Å². The highest BCUT2D eigenvalue weighted by atomic mass is 32.1. The fourth-order valence-corrected chi connectivity index (χ4v) is 2.59. The summed E-state index contributed by atoms with van der Waals surface area (Å²) in [4.78, 5) is 24.8. The van der Waals surface area contributed by atoms with Crippen LogP contribution in [0.4, 0.5) is 0 Å². The molecule has 1 atom stereocenters. The molecule has 2 aromatic rings. The largest absolute Gasteiger partial charge is 0.508 e. The number of rotatable bonds is 6. The number of hydrogen-bond acceptors (Lipinski definition) is 5. The van der Waals surface area contributed by atoms with Crippen LogP contribution in [-0.2, 0) is 11.2 Å². The Labute approximate surface area is 137 Å². The lowest BCUT2D eigenvalue weighted by atomic mass is 10.0. The molecule has 0 fully saturated rings. The molecule has 1 aromatic carbocycles. The van der Waals surface area contributed by atoms with Crippen LogP contribution in [0.25, 0.3) is 0 Å². The maximum atomic E-state index is 12.2. The smallest absolute Gasteiger partial charge is 0.262 e. The van der Waals surface area contributed by atoms with E-state index in [1.807, 2.05) is 6.07 Å². The van der Waals surface area contributed by atoms with E-state index in [9.17, 15) is 14.7 Å². The summed E-state index contributed by atoms with van der Waals surface area (Å²) in [7, 11) is 0. The second-order valence-corrected chi connectivity index (χ2v) is 5.70. The van der Waals surface area contributed by atoms with E-state index in [1.165, 1.54) is 23.5 Å². The molecule has 3 N–H and O–H groups in total. The number of benzene rings is 1. The third-order valence-corrected chi connectivity index (χ3v) is 3.95. The van der Waals surface area contributed by atoms with Crippen LogP contribution in [0.15, 0.2) is 41.8 Å². The third kappa shape index (κ3) is 4.83. The maximum absolute atomic E-state index is 12.2. The Bertz CT molecular complexity index is 705. The quantitative estimate of drug-likeness (QED) is 0.698. The van der Waals surface area contributed by atoms with Gasteiger partial charge in [-0.05, 0) is 29.1 Å². The van der Waals surface area contributed by atoms with Crippen molar-refractivity contribution in [2.45, 2.75) is 12.5 Å². The molecule has 1 heterocycles. The second kappa shape index (κ2) is 7.96. The Morgan fingerprint density at radius 1 is 1.26 bits per heavy atom. The zero-order chi connectivity index (χ0) is 16.7. The van der Waals surface area contributed by atoms with Gasteiger partial charge in [-0.3, -0.25) is 9.59 Å². The van der Waals surface area contributed by atoms with E-state index < -0.39 is 11.9 Å². The Kier molecular flexibility index (Phi) is 5.72. The van der Waals surface area contributed by atoms with E-state index in [1.54, 1.807) is 29.6 Å². The lowest BCUT2D eigenvalue weighted by Crippen LogP contribution is -2.48. The van der Waals surface area contributed by atoms with Crippen LogP contribution in [0, 0.1) is 11.3 Å². The van der Waals surface area contributed by atoms with Crippen molar-refractivity contribution in [2.24, 2.45) is 0 Å². The minimum Gasteiger partial charge on any atom is -0.508 e.